The van der Waals surface area contributed by atoms with E-state index in [4.69, 9.17) is 9.47 Å². The molecule has 1 N–H and O–H groups in total. The molecule has 0 aromatic heterocycles. The van der Waals surface area contributed by atoms with E-state index < -0.39 is 5.97 Å². The minimum Gasteiger partial charge on any atom is -0.508 e. The van der Waals surface area contributed by atoms with E-state index in [1.807, 2.05) is 75.4 Å². The average Bonchev–Trinajstić information content (AvgIpc) is 2.83. The third kappa shape index (κ3) is 5.29. The van der Waals surface area contributed by atoms with Crippen molar-refractivity contribution in [2.45, 2.75) is 33.6 Å². The van der Waals surface area contributed by atoms with Gasteiger partial charge in [-0.25, -0.2) is 4.79 Å². The Labute approximate surface area is 200 Å². The maximum absolute atomic E-state index is 12.7. The number of carbonyl (C=O) groups excluding carboxylic acids is 1. The molecule has 4 aromatic carbocycles. The van der Waals surface area contributed by atoms with Crippen molar-refractivity contribution in [2.24, 2.45) is 0 Å². The molecule has 172 valence electrons. The highest BCUT2D eigenvalue weighted by molar-refractivity contribution is 5.91. The molecular formula is C30H28O4. The summed E-state index contributed by atoms with van der Waals surface area (Å²) in [5.74, 6) is 1.95. The van der Waals surface area contributed by atoms with E-state index in [0.717, 1.165) is 28.0 Å². The second-order valence-electron chi connectivity index (χ2n) is 8.62. The topological polar surface area (TPSA) is 55.8 Å². The van der Waals surface area contributed by atoms with Gasteiger partial charge in [-0.3, -0.25) is 0 Å². The highest BCUT2D eigenvalue weighted by atomic mass is 16.5. The van der Waals surface area contributed by atoms with Crippen molar-refractivity contribution >= 4 is 5.97 Å². The highest BCUT2D eigenvalue weighted by Crippen LogP contribution is 2.31. The predicted octanol–water partition coefficient (Wildman–Crippen LogP) is 7.48. The van der Waals surface area contributed by atoms with Crippen molar-refractivity contribution in [3.63, 3.8) is 0 Å². The van der Waals surface area contributed by atoms with Crippen LogP contribution >= 0.6 is 0 Å². The lowest BCUT2D eigenvalue weighted by molar-refractivity contribution is 0.0733. The molecule has 1 atom stereocenters. The van der Waals surface area contributed by atoms with Crippen LogP contribution < -0.4 is 9.47 Å². The lowest BCUT2D eigenvalue weighted by Crippen LogP contribution is -2.09. The fourth-order valence-corrected chi connectivity index (χ4v) is 3.76. The molecule has 0 radical (unpaired) electrons. The van der Waals surface area contributed by atoms with E-state index in [0.29, 0.717) is 22.8 Å². The molecule has 0 aliphatic rings. The summed E-state index contributed by atoms with van der Waals surface area (Å²) in [7, 11) is 0. The van der Waals surface area contributed by atoms with Crippen molar-refractivity contribution in [2.75, 3.05) is 0 Å². The Morgan fingerprint density at radius 3 is 1.88 bits per heavy atom. The zero-order valence-corrected chi connectivity index (χ0v) is 19.8. The van der Waals surface area contributed by atoms with Crippen LogP contribution in [0.2, 0.25) is 0 Å². The van der Waals surface area contributed by atoms with Gasteiger partial charge in [0.05, 0.1) is 5.56 Å². The van der Waals surface area contributed by atoms with Gasteiger partial charge in [-0.05, 0) is 91.6 Å². The second kappa shape index (κ2) is 9.84. The number of aryl methyl sites for hydroxylation is 3. The van der Waals surface area contributed by atoms with Crippen molar-refractivity contribution in [3.8, 4) is 23.0 Å². The number of benzene rings is 4. The Morgan fingerprint density at radius 2 is 1.29 bits per heavy atom. The van der Waals surface area contributed by atoms with Crippen LogP contribution in [0.3, 0.4) is 0 Å². The maximum atomic E-state index is 12.7. The van der Waals surface area contributed by atoms with E-state index in [2.05, 4.69) is 6.92 Å². The largest absolute Gasteiger partial charge is 0.508 e. The summed E-state index contributed by atoms with van der Waals surface area (Å²) < 4.78 is 11.5. The van der Waals surface area contributed by atoms with Gasteiger partial charge < -0.3 is 14.6 Å². The molecule has 4 aromatic rings. The minimum absolute atomic E-state index is 0.142. The first-order valence-electron chi connectivity index (χ1n) is 11.3. The summed E-state index contributed by atoms with van der Waals surface area (Å²) in [4.78, 5) is 12.7. The van der Waals surface area contributed by atoms with Crippen molar-refractivity contribution < 1.29 is 19.4 Å². The molecule has 1 unspecified atom stereocenters. The Morgan fingerprint density at radius 1 is 0.735 bits per heavy atom. The van der Waals surface area contributed by atoms with Crippen molar-refractivity contribution in [1.29, 1.82) is 0 Å². The number of aromatic hydroxyl groups is 1. The van der Waals surface area contributed by atoms with Crippen LogP contribution in [0.15, 0.2) is 84.9 Å². The Bertz CT molecular complexity index is 1300. The van der Waals surface area contributed by atoms with Crippen LogP contribution in [0, 0.1) is 20.8 Å². The zero-order valence-electron chi connectivity index (χ0n) is 19.8. The minimum atomic E-state index is -0.417. The second-order valence-corrected chi connectivity index (χ2v) is 8.62. The Balaban J connectivity index is 1.43. The summed E-state index contributed by atoms with van der Waals surface area (Å²) >= 11 is 0. The third-order valence-electron chi connectivity index (χ3n) is 5.97. The molecule has 0 bridgehead atoms. The molecular weight excluding hydrogens is 424 g/mol. The highest BCUT2D eigenvalue weighted by Gasteiger charge is 2.14. The first-order chi connectivity index (χ1) is 16.3. The quantitative estimate of drug-likeness (QED) is 0.243. The van der Waals surface area contributed by atoms with Gasteiger partial charge in [0.1, 0.15) is 23.0 Å². The number of phenols is 1. The van der Waals surface area contributed by atoms with Crippen LogP contribution in [-0.2, 0) is 0 Å². The van der Waals surface area contributed by atoms with E-state index in [9.17, 15) is 9.90 Å². The van der Waals surface area contributed by atoms with Gasteiger partial charge in [-0.15, -0.1) is 0 Å². The van der Waals surface area contributed by atoms with E-state index in [1.54, 1.807) is 30.3 Å². The molecule has 0 spiro atoms. The number of ether oxygens (including phenoxy) is 2. The smallest absolute Gasteiger partial charge is 0.343 e. The zero-order chi connectivity index (χ0) is 24.2. The third-order valence-corrected chi connectivity index (χ3v) is 5.97. The average molecular weight is 453 g/mol. The molecule has 34 heavy (non-hydrogen) atoms. The van der Waals surface area contributed by atoms with Crippen LogP contribution in [-0.4, -0.2) is 11.1 Å². The van der Waals surface area contributed by atoms with E-state index in [-0.39, 0.29) is 5.92 Å². The standard InChI is InChI=1S/C30H28O4/c1-19-5-11-26(12-6-19)33-27-13-7-23(8-14-27)30(32)34-29-16-10-25(18-21(29)3)22(4)24-9-15-28(31)20(2)17-24/h5-18,22,31H,1-4H3. The monoisotopic (exact) mass is 452 g/mol. The fourth-order valence-electron chi connectivity index (χ4n) is 3.76. The summed E-state index contributed by atoms with van der Waals surface area (Å²) in [6.45, 7) is 7.96. The van der Waals surface area contributed by atoms with Gasteiger partial charge in [-0.2, -0.15) is 0 Å². The maximum Gasteiger partial charge on any atom is 0.343 e. The summed E-state index contributed by atoms with van der Waals surface area (Å²) in [5, 5.41) is 9.79. The lowest BCUT2D eigenvalue weighted by Gasteiger charge is -2.16. The molecule has 0 saturated carbocycles. The van der Waals surface area contributed by atoms with Gasteiger partial charge in [0.15, 0.2) is 0 Å². The molecule has 0 saturated heterocycles. The summed E-state index contributed by atoms with van der Waals surface area (Å²) in [5.41, 5.74) is 5.58. The molecule has 0 amide bonds. The van der Waals surface area contributed by atoms with Gasteiger partial charge in [-0.1, -0.05) is 48.9 Å². The lowest BCUT2D eigenvalue weighted by atomic mass is 9.91. The van der Waals surface area contributed by atoms with E-state index >= 15 is 0 Å². The van der Waals surface area contributed by atoms with Gasteiger partial charge in [0.25, 0.3) is 0 Å². The van der Waals surface area contributed by atoms with Crippen LogP contribution in [0.5, 0.6) is 23.0 Å². The van der Waals surface area contributed by atoms with Crippen LogP contribution in [0.25, 0.3) is 0 Å². The first-order valence-corrected chi connectivity index (χ1v) is 11.3. The summed E-state index contributed by atoms with van der Waals surface area (Å²) in [6.07, 6.45) is 0. The van der Waals surface area contributed by atoms with Gasteiger partial charge in [0, 0.05) is 5.92 Å². The number of rotatable bonds is 6. The molecule has 0 fully saturated rings. The first kappa shape index (κ1) is 23.1. The normalized spacial score (nSPS) is 11.6. The number of hydrogen-bond donors (Lipinski definition) is 1. The molecule has 0 aliphatic carbocycles. The number of carbonyl (C=O) groups is 1. The Kier molecular flexibility index (Phi) is 6.69. The van der Waals surface area contributed by atoms with E-state index in [1.165, 1.54) is 5.56 Å². The molecule has 0 aliphatic heterocycles. The molecule has 4 heteroatoms. The molecule has 4 rings (SSSR count). The molecule has 0 heterocycles. The van der Waals surface area contributed by atoms with Crippen molar-refractivity contribution in [1.82, 2.24) is 0 Å². The number of esters is 1. The summed E-state index contributed by atoms with van der Waals surface area (Å²) in [6, 6.07) is 26.2. The fraction of sp³-hybridized carbons (Fsp3) is 0.167. The predicted molar refractivity (Wildman–Crippen MR) is 134 cm³/mol. The van der Waals surface area contributed by atoms with Crippen molar-refractivity contribution in [3.05, 3.63) is 118 Å². The molecule has 4 nitrogen and oxygen atoms in total. The number of phenolic OH excluding ortho intramolecular Hbond substituents is 1. The van der Waals surface area contributed by atoms with Crippen LogP contribution in [0.4, 0.5) is 0 Å². The van der Waals surface area contributed by atoms with Gasteiger partial charge in [0.2, 0.25) is 0 Å². The number of hydrogen-bond acceptors (Lipinski definition) is 4. The SMILES string of the molecule is Cc1ccc(Oc2ccc(C(=O)Oc3ccc(C(C)c4ccc(O)c(C)c4)cc3C)cc2)cc1. The van der Waals surface area contributed by atoms with Crippen LogP contribution in [0.1, 0.15) is 51.0 Å². The Hall–Kier alpha value is -4.05. The van der Waals surface area contributed by atoms with Gasteiger partial charge >= 0.3 is 5.97 Å².